The summed E-state index contributed by atoms with van der Waals surface area (Å²) < 4.78 is 51.2. The van der Waals surface area contributed by atoms with Crippen LogP contribution in [0, 0.1) is 12.7 Å². The van der Waals surface area contributed by atoms with Gasteiger partial charge in [0.2, 0.25) is 0 Å². The number of carbonyl (C=O) groups excluding carboxylic acids is 1. The molecule has 0 aliphatic carbocycles. The molecule has 0 spiro atoms. The van der Waals surface area contributed by atoms with Crippen molar-refractivity contribution < 1.29 is 22.4 Å². The van der Waals surface area contributed by atoms with E-state index in [2.05, 4.69) is 10.6 Å². The van der Waals surface area contributed by atoms with Crippen molar-refractivity contribution >= 4 is 17.4 Å². The first-order valence-electron chi connectivity index (χ1n) is 7.27. The molecular formula is C17H18F4N2O. The smallest absolute Gasteiger partial charge is 0.308 e. The molecule has 2 amide bonds. The fourth-order valence-electron chi connectivity index (χ4n) is 1.80. The molecule has 2 rings (SSSR count). The molecule has 0 fully saturated rings. The first kappa shape index (κ1) is 19.5. The Morgan fingerprint density at radius 2 is 1.67 bits per heavy atom. The molecule has 0 heterocycles. The molecule has 0 unspecified atom stereocenters. The fourth-order valence-corrected chi connectivity index (χ4v) is 1.80. The molecular weight excluding hydrogens is 324 g/mol. The van der Waals surface area contributed by atoms with Gasteiger partial charge in [0, 0.05) is 5.69 Å². The van der Waals surface area contributed by atoms with Crippen molar-refractivity contribution in [1.29, 1.82) is 0 Å². The maximum absolute atomic E-state index is 13.5. The summed E-state index contributed by atoms with van der Waals surface area (Å²) >= 11 is 0. The quantitative estimate of drug-likeness (QED) is 0.663. The van der Waals surface area contributed by atoms with Gasteiger partial charge in [-0.2, -0.15) is 13.2 Å². The van der Waals surface area contributed by atoms with E-state index in [4.69, 9.17) is 0 Å². The van der Waals surface area contributed by atoms with E-state index < -0.39 is 29.3 Å². The summed E-state index contributed by atoms with van der Waals surface area (Å²) in [6.07, 6.45) is -4.61. The van der Waals surface area contributed by atoms with Crippen molar-refractivity contribution in [3.05, 3.63) is 59.4 Å². The first-order chi connectivity index (χ1) is 11.3. The zero-order valence-corrected chi connectivity index (χ0v) is 13.5. The van der Waals surface area contributed by atoms with Crippen LogP contribution < -0.4 is 10.6 Å². The number of urea groups is 1. The largest absolute Gasteiger partial charge is 0.416 e. The van der Waals surface area contributed by atoms with E-state index in [0.29, 0.717) is 23.9 Å². The third-order valence-electron chi connectivity index (χ3n) is 2.82. The minimum absolute atomic E-state index is 0.449. The number of alkyl halides is 3. The zero-order valence-electron chi connectivity index (χ0n) is 13.5. The van der Waals surface area contributed by atoms with Crippen molar-refractivity contribution in [1.82, 2.24) is 0 Å². The number of rotatable bonds is 2. The van der Waals surface area contributed by atoms with Gasteiger partial charge in [-0.1, -0.05) is 26.0 Å². The van der Waals surface area contributed by atoms with Crippen LogP contribution in [0.2, 0.25) is 0 Å². The Labute approximate surface area is 137 Å². The Morgan fingerprint density at radius 1 is 1.00 bits per heavy atom. The monoisotopic (exact) mass is 342 g/mol. The highest BCUT2D eigenvalue weighted by molar-refractivity contribution is 5.99. The van der Waals surface area contributed by atoms with Gasteiger partial charge >= 0.3 is 12.2 Å². The SMILES string of the molecule is CC.Cc1cccc(NC(=O)Nc2cc(C(F)(F)F)ccc2F)c1. The van der Waals surface area contributed by atoms with E-state index in [1.54, 1.807) is 18.2 Å². The lowest BCUT2D eigenvalue weighted by atomic mass is 10.2. The highest BCUT2D eigenvalue weighted by Crippen LogP contribution is 2.31. The van der Waals surface area contributed by atoms with E-state index in [1.807, 2.05) is 26.8 Å². The lowest BCUT2D eigenvalue weighted by Gasteiger charge is -2.12. The lowest BCUT2D eigenvalue weighted by Crippen LogP contribution is -2.20. The molecule has 0 aliphatic rings. The predicted octanol–water partition coefficient (Wildman–Crippen LogP) is 5.82. The van der Waals surface area contributed by atoms with Crippen LogP contribution in [0.25, 0.3) is 0 Å². The molecule has 0 bridgehead atoms. The highest BCUT2D eigenvalue weighted by Gasteiger charge is 2.31. The number of halogens is 4. The van der Waals surface area contributed by atoms with E-state index in [-0.39, 0.29) is 0 Å². The number of benzene rings is 2. The average Bonchev–Trinajstić information content (AvgIpc) is 2.50. The third-order valence-corrected chi connectivity index (χ3v) is 2.82. The van der Waals surface area contributed by atoms with Crippen molar-refractivity contribution in [2.45, 2.75) is 26.9 Å². The van der Waals surface area contributed by atoms with Crippen LogP contribution in [0.15, 0.2) is 42.5 Å². The fraction of sp³-hybridized carbons (Fsp3) is 0.235. The van der Waals surface area contributed by atoms with Crippen LogP contribution in [0.4, 0.5) is 33.7 Å². The second kappa shape index (κ2) is 8.33. The minimum atomic E-state index is -4.61. The Morgan fingerprint density at radius 3 is 2.25 bits per heavy atom. The van der Waals surface area contributed by atoms with E-state index >= 15 is 0 Å². The average molecular weight is 342 g/mol. The Balaban J connectivity index is 0.00000139. The Hall–Kier alpha value is -2.57. The maximum Gasteiger partial charge on any atom is 0.416 e. The van der Waals surface area contributed by atoms with Gasteiger partial charge < -0.3 is 10.6 Å². The Kier molecular flexibility index (Phi) is 6.76. The van der Waals surface area contributed by atoms with E-state index in [1.165, 1.54) is 0 Å². The predicted molar refractivity (Wildman–Crippen MR) is 86.6 cm³/mol. The molecule has 2 aromatic carbocycles. The molecule has 0 radical (unpaired) electrons. The van der Waals surface area contributed by atoms with Crippen LogP contribution in [0.3, 0.4) is 0 Å². The molecule has 3 nitrogen and oxygen atoms in total. The van der Waals surface area contributed by atoms with Crippen molar-refractivity contribution in [2.24, 2.45) is 0 Å². The first-order valence-corrected chi connectivity index (χ1v) is 7.27. The molecule has 130 valence electrons. The second-order valence-corrected chi connectivity index (χ2v) is 4.64. The summed E-state index contributed by atoms with van der Waals surface area (Å²) in [5.41, 5.74) is -0.243. The van der Waals surface area contributed by atoms with Gasteiger partial charge in [0.15, 0.2) is 0 Å². The number of aryl methyl sites for hydroxylation is 1. The summed E-state index contributed by atoms with van der Waals surface area (Å²) in [7, 11) is 0. The number of hydrogen-bond acceptors (Lipinski definition) is 1. The molecule has 0 atom stereocenters. The molecule has 0 saturated carbocycles. The van der Waals surface area contributed by atoms with Crippen LogP contribution >= 0.6 is 0 Å². The number of hydrogen-bond donors (Lipinski definition) is 2. The van der Waals surface area contributed by atoms with Crippen molar-refractivity contribution in [2.75, 3.05) is 10.6 Å². The third kappa shape index (κ3) is 5.57. The van der Waals surface area contributed by atoms with Gasteiger partial charge in [-0.15, -0.1) is 0 Å². The van der Waals surface area contributed by atoms with Gasteiger partial charge in [-0.25, -0.2) is 9.18 Å². The molecule has 0 saturated heterocycles. The molecule has 0 aromatic heterocycles. The van der Waals surface area contributed by atoms with Crippen molar-refractivity contribution in [3.63, 3.8) is 0 Å². The highest BCUT2D eigenvalue weighted by atomic mass is 19.4. The lowest BCUT2D eigenvalue weighted by molar-refractivity contribution is -0.137. The number of anilines is 2. The maximum atomic E-state index is 13.5. The number of nitrogens with one attached hydrogen (secondary N) is 2. The second-order valence-electron chi connectivity index (χ2n) is 4.64. The number of amides is 2. The molecule has 2 N–H and O–H groups in total. The van der Waals surface area contributed by atoms with Gasteiger partial charge in [0.05, 0.1) is 11.3 Å². The van der Waals surface area contributed by atoms with Gasteiger partial charge in [-0.05, 0) is 42.8 Å². The van der Waals surface area contributed by atoms with Crippen LogP contribution in [0.1, 0.15) is 25.0 Å². The van der Waals surface area contributed by atoms with Crippen LogP contribution in [0.5, 0.6) is 0 Å². The number of carbonyl (C=O) groups is 1. The molecule has 7 heteroatoms. The topological polar surface area (TPSA) is 41.1 Å². The minimum Gasteiger partial charge on any atom is -0.308 e. The summed E-state index contributed by atoms with van der Waals surface area (Å²) in [6.45, 7) is 5.82. The summed E-state index contributed by atoms with van der Waals surface area (Å²) in [4.78, 5) is 11.7. The van der Waals surface area contributed by atoms with Crippen LogP contribution in [-0.4, -0.2) is 6.03 Å². The van der Waals surface area contributed by atoms with Crippen molar-refractivity contribution in [3.8, 4) is 0 Å². The normalized spacial score (nSPS) is 10.5. The van der Waals surface area contributed by atoms with Gasteiger partial charge in [0.25, 0.3) is 0 Å². The Bertz CT molecular complexity index is 699. The van der Waals surface area contributed by atoms with E-state index in [9.17, 15) is 22.4 Å². The van der Waals surface area contributed by atoms with Gasteiger partial charge in [-0.3, -0.25) is 0 Å². The molecule has 2 aromatic rings. The standard InChI is InChI=1S/C15H12F4N2O.C2H6/c1-9-3-2-4-11(7-9)20-14(22)21-13-8-10(15(17,18)19)5-6-12(13)16;1-2/h2-8H,1H3,(H2,20,21,22);1-2H3. The summed E-state index contributed by atoms with van der Waals surface area (Å²) in [6, 6.07) is 7.78. The zero-order chi connectivity index (χ0) is 18.3. The molecule has 24 heavy (non-hydrogen) atoms. The molecule has 0 aliphatic heterocycles. The van der Waals surface area contributed by atoms with E-state index in [0.717, 1.165) is 5.56 Å². The summed E-state index contributed by atoms with van der Waals surface area (Å²) in [5.74, 6) is -0.951. The van der Waals surface area contributed by atoms with Crippen LogP contribution in [-0.2, 0) is 6.18 Å². The summed E-state index contributed by atoms with van der Waals surface area (Å²) in [5, 5.41) is 4.48. The van der Waals surface area contributed by atoms with Gasteiger partial charge in [0.1, 0.15) is 5.82 Å².